The molecule has 2 nitrogen and oxygen atoms in total. The third-order valence-corrected chi connectivity index (χ3v) is 3.76. The molecule has 0 aliphatic rings. The van der Waals surface area contributed by atoms with Gasteiger partial charge in [0.05, 0.1) is 5.52 Å². The first kappa shape index (κ1) is 13.6. The summed E-state index contributed by atoms with van der Waals surface area (Å²) in [6.07, 6.45) is 4.08. The molecule has 3 rings (SSSR count). The van der Waals surface area contributed by atoms with E-state index in [9.17, 15) is 0 Å². The Morgan fingerprint density at radius 2 is 1.71 bits per heavy atom. The normalized spacial score (nSPS) is 12.2. The fourth-order valence-corrected chi connectivity index (χ4v) is 2.59. The van der Waals surface area contributed by atoms with Gasteiger partial charge in [-0.2, -0.15) is 0 Å². The van der Waals surface area contributed by atoms with E-state index in [0.29, 0.717) is 6.04 Å². The van der Waals surface area contributed by atoms with E-state index in [-0.39, 0.29) is 0 Å². The second-order valence-electron chi connectivity index (χ2n) is 5.45. The number of benzene rings is 2. The van der Waals surface area contributed by atoms with Gasteiger partial charge in [0.2, 0.25) is 0 Å². The summed E-state index contributed by atoms with van der Waals surface area (Å²) in [6.45, 7) is 2.23. The molecule has 0 aliphatic heterocycles. The highest BCUT2D eigenvalue weighted by Gasteiger charge is 2.06. The fourth-order valence-electron chi connectivity index (χ4n) is 2.59. The predicted molar refractivity (Wildman–Crippen MR) is 89.6 cm³/mol. The zero-order valence-electron chi connectivity index (χ0n) is 12.3. The molecule has 1 unspecified atom stereocenters. The molecule has 1 atom stereocenters. The lowest BCUT2D eigenvalue weighted by Gasteiger charge is -2.16. The molecule has 0 amide bonds. The number of fused-ring (bicyclic) bond motifs is 1. The lowest BCUT2D eigenvalue weighted by molar-refractivity contribution is 0.707. The summed E-state index contributed by atoms with van der Waals surface area (Å²) in [5.41, 5.74) is 3.60. The summed E-state index contributed by atoms with van der Waals surface area (Å²) < 4.78 is 0. The number of anilines is 1. The molecule has 3 aromatic rings. The molecular formula is C19H20N2. The van der Waals surface area contributed by atoms with Gasteiger partial charge in [-0.3, -0.25) is 4.98 Å². The number of hydrogen-bond acceptors (Lipinski definition) is 2. The van der Waals surface area contributed by atoms with Crippen LogP contribution in [0.2, 0.25) is 0 Å². The van der Waals surface area contributed by atoms with E-state index < -0.39 is 0 Å². The van der Waals surface area contributed by atoms with Gasteiger partial charge in [-0.25, -0.2) is 0 Å². The van der Waals surface area contributed by atoms with Crippen molar-refractivity contribution < 1.29 is 0 Å². The van der Waals surface area contributed by atoms with Crippen LogP contribution in [0, 0.1) is 0 Å². The van der Waals surface area contributed by atoms with Crippen LogP contribution in [0.5, 0.6) is 0 Å². The first-order valence-corrected chi connectivity index (χ1v) is 7.47. The average molecular weight is 276 g/mol. The number of para-hydroxylation sites is 1. The Hall–Kier alpha value is -2.35. The second kappa shape index (κ2) is 6.40. The molecule has 21 heavy (non-hydrogen) atoms. The Kier molecular flexibility index (Phi) is 4.15. The SMILES string of the molecule is CC(CCc1ccccc1)Nc1ccnc2ccccc12. The Morgan fingerprint density at radius 1 is 0.952 bits per heavy atom. The molecule has 1 aromatic heterocycles. The third-order valence-electron chi connectivity index (χ3n) is 3.76. The van der Waals surface area contributed by atoms with Crippen molar-refractivity contribution >= 4 is 16.6 Å². The van der Waals surface area contributed by atoms with Crippen LogP contribution < -0.4 is 5.32 Å². The maximum Gasteiger partial charge on any atom is 0.0722 e. The van der Waals surface area contributed by atoms with Crippen LogP contribution in [-0.2, 0) is 6.42 Å². The summed E-state index contributed by atoms with van der Waals surface area (Å²) in [5.74, 6) is 0. The van der Waals surface area contributed by atoms with Crippen LogP contribution in [0.1, 0.15) is 18.9 Å². The first-order chi connectivity index (χ1) is 10.3. The van der Waals surface area contributed by atoms with Crippen LogP contribution >= 0.6 is 0 Å². The van der Waals surface area contributed by atoms with Gasteiger partial charge in [-0.05, 0) is 37.5 Å². The van der Waals surface area contributed by atoms with E-state index in [1.807, 2.05) is 12.3 Å². The van der Waals surface area contributed by atoms with Gasteiger partial charge in [0.25, 0.3) is 0 Å². The molecular weight excluding hydrogens is 256 g/mol. The van der Waals surface area contributed by atoms with Crippen LogP contribution in [0.4, 0.5) is 5.69 Å². The predicted octanol–water partition coefficient (Wildman–Crippen LogP) is 4.67. The number of nitrogens with one attached hydrogen (secondary N) is 1. The first-order valence-electron chi connectivity index (χ1n) is 7.47. The van der Waals surface area contributed by atoms with Crippen LogP contribution in [0.25, 0.3) is 10.9 Å². The van der Waals surface area contributed by atoms with Crippen molar-refractivity contribution in [1.82, 2.24) is 4.98 Å². The zero-order chi connectivity index (χ0) is 14.5. The van der Waals surface area contributed by atoms with E-state index in [1.54, 1.807) is 0 Å². The second-order valence-corrected chi connectivity index (χ2v) is 5.45. The van der Waals surface area contributed by atoms with Gasteiger partial charge in [-0.15, -0.1) is 0 Å². The van der Waals surface area contributed by atoms with Crippen LogP contribution in [0.15, 0.2) is 66.9 Å². The summed E-state index contributed by atoms with van der Waals surface area (Å²) >= 11 is 0. The molecule has 0 radical (unpaired) electrons. The zero-order valence-corrected chi connectivity index (χ0v) is 12.3. The van der Waals surface area contributed by atoms with E-state index in [4.69, 9.17) is 0 Å². The van der Waals surface area contributed by atoms with Crippen molar-refractivity contribution in [3.8, 4) is 0 Å². The molecule has 2 aromatic carbocycles. The summed E-state index contributed by atoms with van der Waals surface area (Å²) in [4.78, 5) is 4.40. The molecule has 0 aliphatic carbocycles. The summed E-state index contributed by atoms with van der Waals surface area (Å²) in [5, 5.41) is 4.80. The van der Waals surface area contributed by atoms with Crippen LogP contribution in [0.3, 0.4) is 0 Å². The van der Waals surface area contributed by atoms with Gasteiger partial charge in [0.1, 0.15) is 0 Å². The summed E-state index contributed by atoms with van der Waals surface area (Å²) in [7, 11) is 0. The van der Waals surface area contributed by atoms with Crippen molar-refractivity contribution in [3.05, 3.63) is 72.4 Å². The Labute approximate surface area is 125 Å². The fraction of sp³-hybridized carbons (Fsp3) is 0.211. The average Bonchev–Trinajstić information content (AvgIpc) is 2.54. The maximum absolute atomic E-state index is 4.40. The van der Waals surface area contributed by atoms with Crippen molar-refractivity contribution in [2.75, 3.05) is 5.32 Å². The largest absolute Gasteiger partial charge is 0.382 e. The van der Waals surface area contributed by atoms with E-state index in [2.05, 4.69) is 71.8 Å². The third kappa shape index (κ3) is 3.40. The molecule has 0 bridgehead atoms. The Balaban J connectivity index is 1.67. The highest BCUT2D eigenvalue weighted by atomic mass is 14.9. The lowest BCUT2D eigenvalue weighted by Crippen LogP contribution is -2.16. The van der Waals surface area contributed by atoms with Gasteiger partial charge < -0.3 is 5.32 Å². The van der Waals surface area contributed by atoms with E-state index in [0.717, 1.165) is 18.4 Å². The van der Waals surface area contributed by atoms with E-state index >= 15 is 0 Å². The molecule has 1 N–H and O–H groups in total. The minimum absolute atomic E-state index is 0.427. The van der Waals surface area contributed by atoms with Gasteiger partial charge in [-0.1, -0.05) is 48.5 Å². The minimum atomic E-state index is 0.427. The Bertz CT molecular complexity index is 702. The summed E-state index contributed by atoms with van der Waals surface area (Å²) in [6, 6.07) is 21.4. The smallest absolute Gasteiger partial charge is 0.0722 e. The number of nitrogens with zero attached hydrogens (tertiary/aromatic N) is 1. The highest BCUT2D eigenvalue weighted by molar-refractivity contribution is 5.90. The number of aryl methyl sites for hydroxylation is 1. The van der Waals surface area contributed by atoms with Gasteiger partial charge in [0.15, 0.2) is 0 Å². The lowest BCUT2D eigenvalue weighted by atomic mass is 10.1. The minimum Gasteiger partial charge on any atom is -0.382 e. The topological polar surface area (TPSA) is 24.9 Å². The highest BCUT2D eigenvalue weighted by Crippen LogP contribution is 2.22. The molecule has 0 saturated carbocycles. The number of pyridine rings is 1. The standard InChI is InChI=1S/C19H20N2/c1-15(11-12-16-7-3-2-4-8-16)21-19-13-14-20-18-10-6-5-9-17(18)19/h2-10,13-15H,11-12H2,1H3,(H,20,21). The number of rotatable bonds is 5. The monoisotopic (exact) mass is 276 g/mol. The van der Waals surface area contributed by atoms with Gasteiger partial charge in [0, 0.05) is 23.3 Å². The molecule has 0 spiro atoms. The maximum atomic E-state index is 4.40. The van der Waals surface area contributed by atoms with Crippen molar-refractivity contribution in [3.63, 3.8) is 0 Å². The number of aromatic nitrogens is 1. The van der Waals surface area contributed by atoms with Crippen LogP contribution in [-0.4, -0.2) is 11.0 Å². The van der Waals surface area contributed by atoms with Crippen molar-refractivity contribution in [2.45, 2.75) is 25.8 Å². The quantitative estimate of drug-likeness (QED) is 0.732. The molecule has 0 saturated heterocycles. The molecule has 2 heteroatoms. The molecule has 1 heterocycles. The van der Waals surface area contributed by atoms with Crippen molar-refractivity contribution in [1.29, 1.82) is 0 Å². The van der Waals surface area contributed by atoms with Gasteiger partial charge >= 0.3 is 0 Å². The van der Waals surface area contributed by atoms with Crippen molar-refractivity contribution in [2.24, 2.45) is 0 Å². The van der Waals surface area contributed by atoms with E-state index in [1.165, 1.54) is 16.6 Å². The molecule has 0 fully saturated rings. The molecule has 106 valence electrons. The number of hydrogen-bond donors (Lipinski definition) is 1. The Morgan fingerprint density at radius 3 is 2.57 bits per heavy atom.